The van der Waals surface area contributed by atoms with Crippen LogP contribution in [0.5, 0.6) is 0 Å². The molecule has 3 fully saturated rings. The minimum atomic E-state index is -0.100. The molecule has 0 N–H and O–H groups in total. The number of benzene rings is 1. The summed E-state index contributed by atoms with van der Waals surface area (Å²) in [6.45, 7) is 2.20. The zero-order valence-electron chi connectivity index (χ0n) is 23.9. The number of rotatable bonds is 7. The Hall–Kier alpha value is -2.89. The lowest BCUT2D eigenvalue weighted by Gasteiger charge is -2.47. The second-order valence-electron chi connectivity index (χ2n) is 12.6. The molecule has 1 saturated heterocycles. The van der Waals surface area contributed by atoms with E-state index in [4.69, 9.17) is 0 Å². The predicted octanol–water partition coefficient (Wildman–Crippen LogP) is 5.99. The number of carbonyl (C=O) groups excluding carboxylic acids is 2. The van der Waals surface area contributed by atoms with Crippen molar-refractivity contribution in [1.82, 2.24) is 14.4 Å². The standard InChI is InChI=1S/C33H45N3O3/c1-34(2)32(39)29-23-36(31(38)21-28(29)26-13-7-4-8-14-26)22-27-17-20-35(24-33(27)18-9-10-19-33)30(37)16-15-25-11-5-3-6-12-25/h4,7-8,13-14,21,23,25,27H,3,5-6,9-12,15-20,22,24H2,1-2H3. The number of hydrogen-bond donors (Lipinski definition) is 0. The van der Waals surface area contributed by atoms with Crippen molar-refractivity contribution in [2.75, 3.05) is 27.2 Å². The zero-order chi connectivity index (χ0) is 27.4. The van der Waals surface area contributed by atoms with Crippen LogP contribution in [0.4, 0.5) is 0 Å². The molecule has 1 aromatic heterocycles. The van der Waals surface area contributed by atoms with Crippen LogP contribution < -0.4 is 5.56 Å². The lowest BCUT2D eigenvalue weighted by atomic mass is 9.69. The molecule has 39 heavy (non-hydrogen) atoms. The van der Waals surface area contributed by atoms with Crippen LogP contribution in [0.3, 0.4) is 0 Å². The molecule has 2 heterocycles. The molecule has 0 bridgehead atoms. The first kappa shape index (κ1) is 27.7. The van der Waals surface area contributed by atoms with Crippen molar-refractivity contribution in [2.24, 2.45) is 17.3 Å². The van der Waals surface area contributed by atoms with Crippen molar-refractivity contribution < 1.29 is 9.59 Å². The molecular formula is C33H45N3O3. The first-order valence-electron chi connectivity index (χ1n) is 15.2. The van der Waals surface area contributed by atoms with Gasteiger partial charge in [-0.1, -0.05) is 75.3 Å². The van der Waals surface area contributed by atoms with E-state index in [1.807, 2.05) is 30.3 Å². The molecule has 1 aromatic carbocycles. The first-order chi connectivity index (χ1) is 18.9. The topological polar surface area (TPSA) is 62.6 Å². The van der Waals surface area contributed by atoms with Gasteiger partial charge in [-0.25, -0.2) is 0 Å². The van der Waals surface area contributed by atoms with Gasteiger partial charge in [0.15, 0.2) is 0 Å². The maximum Gasteiger partial charge on any atom is 0.255 e. The van der Waals surface area contributed by atoms with Crippen LogP contribution >= 0.6 is 0 Å². The second kappa shape index (κ2) is 12.1. The number of piperidine rings is 1. The van der Waals surface area contributed by atoms with Gasteiger partial charge in [0, 0.05) is 58.0 Å². The fraction of sp³-hybridized carbons (Fsp3) is 0.606. The highest BCUT2D eigenvalue weighted by atomic mass is 16.2. The van der Waals surface area contributed by atoms with Gasteiger partial charge >= 0.3 is 0 Å². The maximum atomic E-state index is 13.4. The first-order valence-corrected chi connectivity index (χ1v) is 15.2. The monoisotopic (exact) mass is 531 g/mol. The van der Waals surface area contributed by atoms with E-state index in [-0.39, 0.29) is 16.9 Å². The molecule has 1 unspecified atom stereocenters. The zero-order valence-corrected chi connectivity index (χ0v) is 23.9. The Morgan fingerprint density at radius 2 is 1.69 bits per heavy atom. The average Bonchev–Trinajstić information content (AvgIpc) is 3.42. The summed E-state index contributed by atoms with van der Waals surface area (Å²) in [6.07, 6.45) is 15.6. The van der Waals surface area contributed by atoms with Crippen LogP contribution in [0.2, 0.25) is 0 Å². The summed E-state index contributed by atoms with van der Waals surface area (Å²) in [6, 6.07) is 11.3. The van der Waals surface area contributed by atoms with E-state index < -0.39 is 0 Å². The molecule has 6 nitrogen and oxygen atoms in total. The third-order valence-electron chi connectivity index (χ3n) is 9.83. The van der Waals surface area contributed by atoms with Gasteiger partial charge in [0.05, 0.1) is 5.56 Å². The van der Waals surface area contributed by atoms with Crippen molar-refractivity contribution in [1.29, 1.82) is 0 Å². The SMILES string of the molecule is CN(C)C(=O)c1cn(CC2CCN(C(=O)CCC3CCCCC3)CC23CCCC3)c(=O)cc1-c1ccccc1. The van der Waals surface area contributed by atoms with Crippen molar-refractivity contribution in [3.63, 3.8) is 0 Å². The minimum absolute atomic E-state index is 0.0664. The highest BCUT2D eigenvalue weighted by Crippen LogP contribution is 2.49. The molecule has 2 aliphatic carbocycles. The van der Waals surface area contributed by atoms with Crippen molar-refractivity contribution >= 4 is 11.8 Å². The van der Waals surface area contributed by atoms with Gasteiger partial charge in [0.25, 0.3) is 11.5 Å². The predicted molar refractivity (Wildman–Crippen MR) is 156 cm³/mol. The van der Waals surface area contributed by atoms with Crippen molar-refractivity contribution in [3.05, 3.63) is 58.5 Å². The third kappa shape index (κ3) is 6.15. The molecule has 6 heteroatoms. The van der Waals surface area contributed by atoms with Gasteiger partial charge < -0.3 is 14.4 Å². The highest BCUT2D eigenvalue weighted by molar-refractivity contribution is 6.00. The molecular weight excluding hydrogens is 486 g/mol. The molecule has 0 radical (unpaired) electrons. The lowest BCUT2D eigenvalue weighted by Crippen LogP contribution is -2.51. The van der Waals surface area contributed by atoms with Gasteiger partial charge in [0.2, 0.25) is 5.91 Å². The molecule has 210 valence electrons. The number of carbonyl (C=O) groups is 2. The van der Waals surface area contributed by atoms with E-state index in [1.54, 1.807) is 35.8 Å². The normalized spacial score (nSPS) is 21.3. The van der Waals surface area contributed by atoms with Crippen LogP contribution in [0.1, 0.15) is 87.4 Å². The second-order valence-corrected chi connectivity index (χ2v) is 12.6. The van der Waals surface area contributed by atoms with Crippen molar-refractivity contribution in [2.45, 2.75) is 83.6 Å². The van der Waals surface area contributed by atoms with E-state index in [0.29, 0.717) is 35.9 Å². The Labute approximate surface area is 233 Å². The molecule has 5 rings (SSSR count). The molecule has 2 amide bonds. The van der Waals surface area contributed by atoms with Crippen LogP contribution in [-0.4, -0.2) is 53.4 Å². The molecule has 2 aromatic rings. The van der Waals surface area contributed by atoms with E-state index >= 15 is 0 Å². The lowest BCUT2D eigenvalue weighted by molar-refractivity contribution is -0.137. The van der Waals surface area contributed by atoms with E-state index in [0.717, 1.165) is 50.3 Å². The van der Waals surface area contributed by atoms with Gasteiger partial charge in [0.1, 0.15) is 0 Å². The molecule has 2 saturated carbocycles. The molecule has 1 aliphatic heterocycles. The summed E-state index contributed by atoms with van der Waals surface area (Å²) < 4.78 is 1.77. The largest absolute Gasteiger partial charge is 0.345 e. The Kier molecular flexibility index (Phi) is 8.58. The van der Waals surface area contributed by atoms with E-state index in [1.165, 1.54) is 44.9 Å². The summed E-state index contributed by atoms with van der Waals surface area (Å²) in [5.74, 6) is 1.28. The number of pyridine rings is 1. The summed E-state index contributed by atoms with van der Waals surface area (Å²) >= 11 is 0. The van der Waals surface area contributed by atoms with Crippen LogP contribution in [-0.2, 0) is 11.3 Å². The number of aromatic nitrogens is 1. The average molecular weight is 532 g/mol. The highest BCUT2D eigenvalue weighted by Gasteiger charge is 2.46. The third-order valence-corrected chi connectivity index (χ3v) is 9.83. The van der Waals surface area contributed by atoms with E-state index in [9.17, 15) is 14.4 Å². The Bertz CT molecular complexity index is 1210. The van der Waals surface area contributed by atoms with E-state index in [2.05, 4.69) is 4.90 Å². The van der Waals surface area contributed by atoms with Gasteiger partial charge in [-0.15, -0.1) is 0 Å². The molecule has 1 spiro atoms. The number of amides is 2. The fourth-order valence-electron chi connectivity index (χ4n) is 7.53. The number of likely N-dealkylation sites (tertiary alicyclic amines) is 1. The van der Waals surface area contributed by atoms with Gasteiger partial charge in [-0.2, -0.15) is 0 Å². The Morgan fingerprint density at radius 3 is 2.38 bits per heavy atom. The molecule has 3 aliphatic rings. The van der Waals surface area contributed by atoms with Gasteiger partial charge in [-0.05, 0) is 48.5 Å². The Balaban J connectivity index is 1.35. The van der Waals surface area contributed by atoms with Gasteiger partial charge in [-0.3, -0.25) is 14.4 Å². The minimum Gasteiger partial charge on any atom is -0.345 e. The summed E-state index contributed by atoms with van der Waals surface area (Å²) in [7, 11) is 3.50. The summed E-state index contributed by atoms with van der Waals surface area (Å²) in [5, 5.41) is 0. The Morgan fingerprint density at radius 1 is 0.974 bits per heavy atom. The van der Waals surface area contributed by atoms with Crippen LogP contribution in [0, 0.1) is 17.3 Å². The smallest absolute Gasteiger partial charge is 0.255 e. The molecule has 1 atom stereocenters. The fourth-order valence-corrected chi connectivity index (χ4v) is 7.53. The van der Waals surface area contributed by atoms with Crippen molar-refractivity contribution in [3.8, 4) is 11.1 Å². The maximum absolute atomic E-state index is 13.4. The summed E-state index contributed by atoms with van der Waals surface area (Å²) in [5.41, 5.74) is 2.12. The van der Waals surface area contributed by atoms with Crippen LogP contribution in [0.25, 0.3) is 11.1 Å². The number of nitrogens with zero attached hydrogens (tertiary/aromatic N) is 3. The quantitative estimate of drug-likeness (QED) is 0.441. The number of hydrogen-bond acceptors (Lipinski definition) is 3. The van der Waals surface area contributed by atoms with Crippen LogP contribution in [0.15, 0.2) is 47.4 Å². The summed E-state index contributed by atoms with van der Waals surface area (Å²) in [4.78, 5) is 43.6.